The molecule has 2 saturated heterocycles. The number of H-pyrrole nitrogens is 1. The molecule has 0 aliphatic carbocycles. The summed E-state index contributed by atoms with van der Waals surface area (Å²) in [6, 6.07) is 8.68. The van der Waals surface area contributed by atoms with Gasteiger partial charge in [-0.2, -0.15) is 5.26 Å². The third-order valence-electron chi connectivity index (χ3n) is 7.91. The Hall–Kier alpha value is -4.47. The summed E-state index contributed by atoms with van der Waals surface area (Å²) in [6.45, 7) is 7.77. The Bertz CT molecular complexity index is 1510. The molecule has 0 saturated carbocycles. The fraction of sp³-hybridized carbons (Fsp3) is 0.516. The van der Waals surface area contributed by atoms with Crippen molar-refractivity contribution < 1.29 is 23.1 Å². The second-order valence-corrected chi connectivity index (χ2v) is 12.5. The molecule has 0 radical (unpaired) electrons. The van der Waals surface area contributed by atoms with Crippen molar-refractivity contribution in [1.82, 2.24) is 14.8 Å². The number of hydrogen-bond donors (Lipinski definition) is 4. The lowest BCUT2D eigenvalue weighted by molar-refractivity contribution is -0.0494. The first-order valence-electron chi connectivity index (χ1n) is 14.6. The average Bonchev–Trinajstić information content (AvgIpc) is 2.92. The van der Waals surface area contributed by atoms with Gasteiger partial charge in [0.1, 0.15) is 17.0 Å². The number of ether oxygens (including phenoxy) is 1. The average molecular weight is 612 g/mol. The van der Waals surface area contributed by atoms with Gasteiger partial charge in [-0.3, -0.25) is 15.0 Å². The summed E-state index contributed by atoms with van der Waals surface area (Å²) in [7, 11) is 0. The van der Waals surface area contributed by atoms with Gasteiger partial charge < -0.3 is 30.2 Å². The Morgan fingerprint density at radius 1 is 1.09 bits per heavy atom. The Morgan fingerprint density at radius 2 is 1.73 bits per heavy atom. The van der Waals surface area contributed by atoms with Gasteiger partial charge in [0.05, 0.1) is 23.7 Å². The van der Waals surface area contributed by atoms with Crippen molar-refractivity contribution in [2.75, 3.05) is 36.8 Å². The minimum absolute atomic E-state index is 0.0190. The monoisotopic (exact) mass is 611 g/mol. The number of amidine groups is 1. The summed E-state index contributed by atoms with van der Waals surface area (Å²) < 4.78 is 32.6. The topological polar surface area (TPSA) is 154 Å². The summed E-state index contributed by atoms with van der Waals surface area (Å²) in [4.78, 5) is 44.1. The molecule has 0 atom stereocenters. The number of aryl methyl sites for hydroxylation is 1. The highest BCUT2D eigenvalue weighted by molar-refractivity contribution is 6.09. The van der Waals surface area contributed by atoms with Gasteiger partial charge in [-0.05, 0) is 70.4 Å². The van der Waals surface area contributed by atoms with E-state index in [0.717, 1.165) is 0 Å². The van der Waals surface area contributed by atoms with Crippen LogP contribution < -0.4 is 16.2 Å². The third kappa shape index (κ3) is 7.72. The Morgan fingerprint density at radius 3 is 2.32 bits per heavy atom. The zero-order valence-corrected chi connectivity index (χ0v) is 25.5. The first kappa shape index (κ1) is 32.4. The Labute approximate surface area is 255 Å². The molecule has 4 N–H and O–H groups in total. The standard InChI is InChI=1S/C31H39F2N7O4/c1-20-19-21(5-6-22(20)27(42)39-17-11-31(32,33)12-18-39)37-25(35)24-23(7-14-36-26(24)41)38-30(8-13-34)9-15-40(16-10-30)28(43)44-29(2,3)4/h5-7,14,19H,8-12,15-18H2,1-4H3,(H2,35,37)(H2,36,38,41). The SMILES string of the molecule is Cc1cc(NC(=N)c2c(NC3(CC#N)CCN(C(=O)OC(C)(C)C)CC3)cc[nH]c2=O)ccc1C(=O)N1CCC(F)(F)CC1. The number of nitrogens with zero attached hydrogens (tertiary/aromatic N) is 3. The van der Waals surface area contributed by atoms with Crippen LogP contribution in [0.5, 0.6) is 0 Å². The van der Waals surface area contributed by atoms with Crippen LogP contribution in [0.1, 0.15) is 74.4 Å². The molecule has 4 rings (SSSR count). The van der Waals surface area contributed by atoms with E-state index >= 15 is 0 Å². The summed E-state index contributed by atoms with van der Waals surface area (Å²) in [6.07, 6.45) is 1.27. The van der Waals surface area contributed by atoms with Crippen LogP contribution in [0.3, 0.4) is 0 Å². The highest BCUT2D eigenvalue weighted by Crippen LogP contribution is 2.32. The van der Waals surface area contributed by atoms with Crippen molar-refractivity contribution in [2.45, 2.75) is 76.9 Å². The molecule has 3 heterocycles. The van der Waals surface area contributed by atoms with Crippen molar-refractivity contribution in [1.29, 1.82) is 10.7 Å². The number of likely N-dealkylation sites (tertiary alicyclic amines) is 2. The van der Waals surface area contributed by atoms with E-state index in [1.807, 2.05) is 0 Å². The molecular formula is C31H39F2N7O4. The van der Waals surface area contributed by atoms with Crippen molar-refractivity contribution in [3.8, 4) is 6.07 Å². The zero-order chi connectivity index (χ0) is 32.3. The zero-order valence-electron chi connectivity index (χ0n) is 25.5. The van der Waals surface area contributed by atoms with Gasteiger partial charge in [0.15, 0.2) is 0 Å². The van der Waals surface area contributed by atoms with Crippen molar-refractivity contribution in [2.24, 2.45) is 0 Å². The van der Waals surface area contributed by atoms with Crippen LogP contribution in [0.4, 0.5) is 25.0 Å². The smallest absolute Gasteiger partial charge is 0.410 e. The lowest BCUT2D eigenvalue weighted by atomic mass is 9.84. The third-order valence-corrected chi connectivity index (χ3v) is 7.91. The predicted molar refractivity (Wildman–Crippen MR) is 162 cm³/mol. The maximum atomic E-state index is 13.6. The number of pyridine rings is 1. The Kier molecular flexibility index (Phi) is 9.32. The number of alkyl halides is 2. The number of benzene rings is 1. The lowest BCUT2D eigenvalue weighted by Gasteiger charge is -2.42. The number of aromatic amines is 1. The van der Waals surface area contributed by atoms with Crippen LogP contribution >= 0.6 is 0 Å². The molecule has 11 nitrogen and oxygen atoms in total. The van der Waals surface area contributed by atoms with E-state index in [0.29, 0.717) is 48.4 Å². The highest BCUT2D eigenvalue weighted by atomic mass is 19.3. The van der Waals surface area contributed by atoms with Gasteiger partial charge in [-0.1, -0.05) is 0 Å². The van der Waals surface area contributed by atoms with E-state index in [4.69, 9.17) is 10.1 Å². The molecule has 1 aromatic heterocycles. The summed E-state index contributed by atoms with van der Waals surface area (Å²) >= 11 is 0. The molecule has 2 aliphatic heterocycles. The van der Waals surface area contributed by atoms with Gasteiger partial charge in [-0.25, -0.2) is 13.6 Å². The molecule has 0 spiro atoms. The fourth-order valence-electron chi connectivity index (χ4n) is 5.45. The quantitative estimate of drug-likeness (QED) is 0.262. The summed E-state index contributed by atoms with van der Waals surface area (Å²) in [5, 5.41) is 24.7. The second kappa shape index (κ2) is 12.6. The van der Waals surface area contributed by atoms with Crippen LogP contribution in [-0.2, 0) is 4.74 Å². The number of carbonyl (C=O) groups is 2. The highest BCUT2D eigenvalue weighted by Gasteiger charge is 2.38. The van der Waals surface area contributed by atoms with E-state index < -0.39 is 28.7 Å². The lowest BCUT2D eigenvalue weighted by Crippen LogP contribution is -2.51. The minimum Gasteiger partial charge on any atom is -0.444 e. The molecule has 236 valence electrons. The molecule has 0 unspecified atom stereocenters. The van der Waals surface area contributed by atoms with Crippen LogP contribution in [0.15, 0.2) is 35.3 Å². The van der Waals surface area contributed by atoms with E-state index in [9.17, 15) is 28.4 Å². The minimum atomic E-state index is -2.76. The number of anilines is 2. The van der Waals surface area contributed by atoms with Gasteiger partial charge in [0.2, 0.25) is 0 Å². The maximum Gasteiger partial charge on any atom is 0.410 e. The van der Waals surface area contributed by atoms with Gasteiger partial charge in [0.25, 0.3) is 17.4 Å². The summed E-state index contributed by atoms with van der Waals surface area (Å²) in [5.41, 5.74) is -0.0706. The van der Waals surface area contributed by atoms with Crippen LogP contribution in [0.25, 0.3) is 0 Å². The van der Waals surface area contributed by atoms with E-state index in [2.05, 4.69) is 21.7 Å². The number of piperidine rings is 2. The first-order valence-corrected chi connectivity index (χ1v) is 14.6. The largest absolute Gasteiger partial charge is 0.444 e. The number of nitrogens with one attached hydrogen (secondary N) is 4. The van der Waals surface area contributed by atoms with Crippen LogP contribution in [0.2, 0.25) is 0 Å². The number of halogens is 2. The van der Waals surface area contributed by atoms with Crippen LogP contribution in [0, 0.1) is 23.7 Å². The fourth-order valence-corrected chi connectivity index (χ4v) is 5.45. The van der Waals surface area contributed by atoms with Crippen molar-refractivity contribution in [3.05, 3.63) is 57.5 Å². The molecule has 13 heteroatoms. The number of aromatic nitrogens is 1. The van der Waals surface area contributed by atoms with Gasteiger partial charge in [-0.15, -0.1) is 0 Å². The van der Waals surface area contributed by atoms with E-state index in [1.54, 1.807) is 56.9 Å². The molecule has 2 aliphatic rings. The summed E-state index contributed by atoms with van der Waals surface area (Å²) in [5.74, 6) is -3.29. The maximum absolute atomic E-state index is 13.6. The number of hydrogen-bond acceptors (Lipinski definition) is 7. The normalized spacial score (nSPS) is 17.8. The van der Waals surface area contributed by atoms with Crippen LogP contribution in [-0.4, -0.2) is 75.9 Å². The first-order chi connectivity index (χ1) is 20.6. The molecule has 2 fully saturated rings. The number of nitriles is 1. The Balaban J connectivity index is 1.48. The van der Waals surface area contributed by atoms with Gasteiger partial charge in [0, 0.05) is 56.5 Å². The van der Waals surface area contributed by atoms with Gasteiger partial charge >= 0.3 is 6.09 Å². The number of rotatable bonds is 6. The van der Waals surface area contributed by atoms with E-state index in [-0.39, 0.29) is 49.7 Å². The molecule has 2 amide bonds. The molecule has 0 bridgehead atoms. The molecule has 2 aromatic rings. The molecule has 44 heavy (non-hydrogen) atoms. The predicted octanol–water partition coefficient (Wildman–Crippen LogP) is 5.09. The van der Waals surface area contributed by atoms with Crippen molar-refractivity contribution >= 4 is 29.2 Å². The second-order valence-electron chi connectivity index (χ2n) is 12.5. The molecule has 1 aromatic carbocycles. The number of carbonyl (C=O) groups excluding carboxylic acids is 2. The molecular weight excluding hydrogens is 572 g/mol. The number of amides is 2. The van der Waals surface area contributed by atoms with E-state index in [1.165, 1.54) is 11.1 Å². The van der Waals surface area contributed by atoms with Crippen molar-refractivity contribution in [3.63, 3.8) is 0 Å².